The monoisotopic (exact) mass is 361 g/mol. The molecule has 3 rings (SSSR count). The summed E-state index contributed by atoms with van der Waals surface area (Å²) in [6.07, 6.45) is 4.55. The molecule has 1 aromatic rings. The second kappa shape index (κ2) is 8.20. The molecule has 2 amide bonds. The highest BCUT2D eigenvalue weighted by Crippen LogP contribution is 2.25. The average molecular weight is 361 g/mol. The van der Waals surface area contributed by atoms with Crippen molar-refractivity contribution in [2.45, 2.75) is 52.0 Å². The zero-order chi connectivity index (χ0) is 18.7. The van der Waals surface area contributed by atoms with Crippen LogP contribution in [0, 0.1) is 6.92 Å². The third kappa shape index (κ3) is 3.92. The number of amides is 2. The number of piperidine rings is 1. The molecule has 2 aliphatic rings. The summed E-state index contributed by atoms with van der Waals surface area (Å²) in [6, 6.07) is 1.90. The number of rotatable bonds is 5. The molecule has 1 aromatic heterocycles. The van der Waals surface area contributed by atoms with Gasteiger partial charge in [0, 0.05) is 52.3 Å². The van der Waals surface area contributed by atoms with Crippen LogP contribution in [0.15, 0.2) is 6.07 Å². The minimum atomic E-state index is -0.0770. The van der Waals surface area contributed by atoms with Gasteiger partial charge in [0.1, 0.15) is 5.82 Å². The number of hydrogen-bond donors (Lipinski definition) is 0. The van der Waals surface area contributed by atoms with Gasteiger partial charge < -0.3 is 4.90 Å². The van der Waals surface area contributed by atoms with Gasteiger partial charge >= 0.3 is 0 Å². The predicted molar refractivity (Wildman–Crippen MR) is 101 cm³/mol. The van der Waals surface area contributed by atoms with E-state index in [2.05, 4.69) is 16.9 Å². The standard InChI is InChI=1S/C19H31N5O2/c1-4-5-8-18(25)23-12-10-22(11-13-23)16-7-6-9-24(19(16)26)17-14-15(2)20-21(17)3/h14,16H,4-13H2,1-3H3/t16-/m1/s1. The Bertz CT molecular complexity index is 648. The van der Waals surface area contributed by atoms with Crippen LogP contribution in [-0.2, 0) is 16.6 Å². The largest absolute Gasteiger partial charge is 0.340 e. The molecular weight excluding hydrogens is 330 g/mol. The van der Waals surface area contributed by atoms with Gasteiger partial charge in [-0.05, 0) is 26.2 Å². The minimum Gasteiger partial charge on any atom is -0.340 e. The number of aromatic nitrogens is 2. The van der Waals surface area contributed by atoms with Gasteiger partial charge in [0.25, 0.3) is 0 Å². The van der Waals surface area contributed by atoms with Crippen molar-refractivity contribution in [2.24, 2.45) is 7.05 Å². The Kier molecular flexibility index (Phi) is 5.96. The van der Waals surface area contributed by atoms with E-state index >= 15 is 0 Å². The van der Waals surface area contributed by atoms with Crippen molar-refractivity contribution < 1.29 is 9.59 Å². The molecule has 2 saturated heterocycles. The molecule has 144 valence electrons. The number of unbranched alkanes of at least 4 members (excludes halogenated alkanes) is 1. The highest BCUT2D eigenvalue weighted by Gasteiger charge is 2.36. The van der Waals surface area contributed by atoms with E-state index in [1.165, 1.54) is 0 Å². The highest BCUT2D eigenvalue weighted by atomic mass is 16.2. The number of nitrogens with zero attached hydrogens (tertiary/aromatic N) is 5. The number of hydrogen-bond acceptors (Lipinski definition) is 4. The number of aryl methyl sites for hydroxylation is 2. The number of anilines is 1. The number of carbonyl (C=O) groups is 2. The van der Waals surface area contributed by atoms with Crippen molar-refractivity contribution in [1.82, 2.24) is 19.6 Å². The van der Waals surface area contributed by atoms with Crippen LogP contribution in [0.25, 0.3) is 0 Å². The maximum absolute atomic E-state index is 13.1. The van der Waals surface area contributed by atoms with Crippen LogP contribution in [-0.4, -0.2) is 70.2 Å². The Morgan fingerprint density at radius 3 is 2.58 bits per heavy atom. The summed E-state index contributed by atoms with van der Waals surface area (Å²) in [5.41, 5.74) is 0.927. The first-order valence-electron chi connectivity index (χ1n) is 9.85. The van der Waals surface area contributed by atoms with Crippen LogP contribution < -0.4 is 4.90 Å². The number of piperazine rings is 1. The van der Waals surface area contributed by atoms with E-state index in [-0.39, 0.29) is 17.9 Å². The van der Waals surface area contributed by atoms with Gasteiger partial charge in [-0.2, -0.15) is 5.10 Å². The Hall–Kier alpha value is -1.89. The summed E-state index contributed by atoms with van der Waals surface area (Å²) >= 11 is 0. The average Bonchev–Trinajstić information content (AvgIpc) is 2.98. The summed E-state index contributed by atoms with van der Waals surface area (Å²) in [6.45, 7) is 7.84. The van der Waals surface area contributed by atoms with Crippen LogP contribution in [0.2, 0.25) is 0 Å². The van der Waals surface area contributed by atoms with Crippen LogP contribution in [0.1, 0.15) is 44.7 Å². The second-order valence-corrected chi connectivity index (χ2v) is 7.44. The van der Waals surface area contributed by atoms with Crippen LogP contribution in [0.5, 0.6) is 0 Å². The zero-order valence-corrected chi connectivity index (χ0v) is 16.3. The Labute approximate surface area is 155 Å². The highest BCUT2D eigenvalue weighted by molar-refractivity contribution is 5.97. The summed E-state index contributed by atoms with van der Waals surface area (Å²) < 4.78 is 1.79. The van der Waals surface area contributed by atoms with Gasteiger partial charge in [0.15, 0.2) is 0 Å². The van der Waals surface area contributed by atoms with E-state index in [1.54, 1.807) is 4.68 Å². The molecule has 0 N–H and O–H groups in total. The molecule has 2 aliphatic heterocycles. The first kappa shape index (κ1) is 18.9. The van der Waals surface area contributed by atoms with Crippen molar-refractivity contribution in [2.75, 3.05) is 37.6 Å². The van der Waals surface area contributed by atoms with E-state index in [9.17, 15) is 9.59 Å². The van der Waals surface area contributed by atoms with Crippen LogP contribution in [0.3, 0.4) is 0 Å². The van der Waals surface area contributed by atoms with Crippen molar-refractivity contribution in [3.05, 3.63) is 11.8 Å². The molecule has 0 aliphatic carbocycles. The predicted octanol–water partition coefficient (Wildman–Crippen LogP) is 1.56. The maximum Gasteiger partial charge on any atom is 0.245 e. The second-order valence-electron chi connectivity index (χ2n) is 7.44. The van der Waals surface area contributed by atoms with Gasteiger partial charge in [-0.15, -0.1) is 0 Å². The number of carbonyl (C=O) groups excluding carboxylic acids is 2. The lowest BCUT2D eigenvalue weighted by molar-refractivity contribution is -0.134. The lowest BCUT2D eigenvalue weighted by atomic mass is 10.0. The van der Waals surface area contributed by atoms with Gasteiger partial charge in [-0.25, -0.2) is 0 Å². The minimum absolute atomic E-state index is 0.0770. The van der Waals surface area contributed by atoms with Gasteiger partial charge in [-0.1, -0.05) is 13.3 Å². The van der Waals surface area contributed by atoms with E-state index in [4.69, 9.17) is 0 Å². The summed E-state index contributed by atoms with van der Waals surface area (Å²) in [5, 5.41) is 4.38. The molecule has 0 aromatic carbocycles. The molecular formula is C19H31N5O2. The third-order valence-corrected chi connectivity index (χ3v) is 5.52. The molecule has 0 radical (unpaired) electrons. The lowest BCUT2D eigenvalue weighted by Crippen LogP contribution is -2.58. The zero-order valence-electron chi connectivity index (χ0n) is 16.3. The Morgan fingerprint density at radius 1 is 1.23 bits per heavy atom. The fourth-order valence-corrected chi connectivity index (χ4v) is 4.04. The van der Waals surface area contributed by atoms with Gasteiger partial charge in [0.2, 0.25) is 11.8 Å². The topological polar surface area (TPSA) is 61.7 Å². The smallest absolute Gasteiger partial charge is 0.245 e. The molecule has 0 spiro atoms. The fraction of sp³-hybridized carbons (Fsp3) is 0.737. The van der Waals surface area contributed by atoms with Crippen molar-refractivity contribution in [3.8, 4) is 0 Å². The molecule has 2 fully saturated rings. The van der Waals surface area contributed by atoms with Crippen molar-refractivity contribution >= 4 is 17.6 Å². The molecule has 3 heterocycles. The molecule has 7 heteroatoms. The molecule has 0 unspecified atom stereocenters. The molecule has 26 heavy (non-hydrogen) atoms. The normalized spacial score (nSPS) is 22.1. The third-order valence-electron chi connectivity index (χ3n) is 5.52. The SMILES string of the molecule is CCCCC(=O)N1CCN([C@@H]2CCCN(c3cc(C)nn3C)C2=O)CC1. The quantitative estimate of drug-likeness (QED) is 0.798. The van der Waals surface area contributed by atoms with Gasteiger partial charge in [-0.3, -0.25) is 24.1 Å². The Balaban J connectivity index is 1.61. The van der Waals surface area contributed by atoms with E-state index in [1.807, 2.05) is 29.8 Å². The molecule has 0 saturated carbocycles. The Morgan fingerprint density at radius 2 is 1.96 bits per heavy atom. The van der Waals surface area contributed by atoms with E-state index < -0.39 is 0 Å². The van der Waals surface area contributed by atoms with E-state index in [0.717, 1.165) is 69.9 Å². The van der Waals surface area contributed by atoms with Crippen molar-refractivity contribution in [1.29, 1.82) is 0 Å². The van der Waals surface area contributed by atoms with Crippen molar-refractivity contribution in [3.63, 3.8) is 0 Å². The van der Waals surface area contributed by atoms with Crippen LogP contribution in [0.4, 0.5) is 5.82 Å². The fourth-order valence-electron chi connectivity index (χ4n) is 4.04. The lowest BCUT2D eigenvalue weighted by Gasteiger charge is -2.42. The summed E-state index contributed by atoms with van der Waals surface area (Å²) in [7, 11) is 1.89. The van der Waals surface area contributed by atoms with E-state index in [0.29, 0.717) is 6.42 Å². The molecule has 0 bridgehead atoms. The molecule has 7 nitrogen and oxygen atoms in total. The maximum atomic E-state index is 13.1. The van der Waals surface area contributed by atoms with Crippen LogP contribution >= 0.6 is 0 Å². The summed E-state index contributed by atoms with van der Waals surface area (Å²) in [4.78, 5) is 31.4. The first-order valence-corrected chi connectivity index (χ1v) is 9.85. The molecule has 1 atom stereocenters. The summed E-state index contributed by atoms with van der Waals surface area (Å²) in [5.74, 6) is 1.31. The first-order chi connectivity index (χ1) is 12.5. The van der Waals surface area contributed by atoms with Gasteiger partial charge in [0.05, 0.1) is 11.7 Å².